The van der Waals surface area contributed by atoms with Gasteiger partial charge in [-0.3, -0.25) is 14.5 Å². The number of hydrogen-bond donors (Lipinski definition) is 2. The molecule has 0 bridgehead atoms. The molecule has 0 saturated carbocycles. The van der Waals surface area contributed by atoms with Crippen LogP contribution in [-0.2, 0) is 11.8 Å². The van der Waals surface area contributed by atoms with Gasteiger partial charge < -0.3 is 20.4 Å². The van der Waals surface area contributed by atoms with Crippen LogP contribution in [0.1, 0.15) is 6.92 Å². The van der Waals surface area contributed by atoms with Crippen molar-refractivity contribution in [2.75, 3.05) is 49.5 Å². The molecular weight excluding hydrogens is 542 g/mol. The van der Waals surface area contributed by atoms with E-state index >= 15 is 0 Å². The van der Waals surface area contributed by atoms with Crippen molar-refractivity contribution >= 4 is 70.6 Å². The summed E-state index contributed by atoms with van der Waals surface area (Å²) in [4.78, 5) is 25.1. The first-order chi connectivity index (χ1) is 14.0. The van der Waals surface area contributed by atoms with Gasteiger partial charge >= 0.3 is 0 Å². The molecule has 1 aliphatic heterocycles. The topological polar surface area (TPSA) is 90.7 Å². The van der Waals surface area contributed by atoms with Crippen LogP contribution in [0, 0.1) is 0 Å². The SMILES string of the molecule is CCNC(=NCCNc1ncc(Cl)cc1Cl)N1CCN(c2cnn(C)c2)C(=O)C1.I. The molecule has 1 fully saturated rings. The minimum atomic E-state index is 0. The molecule has 0 unspecified atom stereocenters. The van der Waals surface area contributed by atoms with Crippen molar-refractivity contribution in [1.82, 2.24) is 25.0 Å². The first kappa shape index (κ1) is 24.5. The van der Waals surface area contributed by atoms with Crippen LogP contribution in [0.4, 0.5) is 11.5 Å². The third-order valence-corrected chi connectivity index (χ3v) is 4.83. The lowest BCUT2D eigenvalue weighted by molar-refractivity contribution is -0.120. The second-order valence-corrected chi connectivity index (χ2v) is 7.33. The zero-order valence-corrected chi connectivity index (χ0v) is 20.6. The van der Waals surface area contributed by atoms with E-state index in [4.69, 9.17) is 23.2 Å². The highest BCUT2D eigenvalue weighted by molar-refractivity contribution is 14.0. The van der Waals surface area contributed by atoms with E-state index in [1.165, 1.54) is 6.20 Å². The van der Waals surface area contributed by atoms with Crippen LogP contribution in [0.3, 0.4) is 0 Å². The summed E-state index contributed by atoms with van der Waals surface area (Å²) in [5, 5.41) is 11.5. The maximum Gasteiger partial charge on any atom is 0.246 e. The van der Waals surface area contributed by atoms with Gasteiger partial charge in [0.1, 0.15) is 12.4 Å². The van der Waals surface area contributed by atoms with E-state index in [-0.39, 0.29) is 36.4 Å². The van der Waals surface area contributed by atoms with E-state index in [2.05, 4.69) is 25.7 Å². The number of carbonyl (C=O) groups excluding carboxylic acids is 1. The molecule has 30 heavy (non-hydrogen) atoms. The van der Waals surface area contributed by atoms with Crippen molar-refractivity contribution in [3.05, 3.63) is 34.7 Å². The fourth-order valence-electron chi connectivity index (χ4n) is 2.98. The fraction of sp³-hybridized carbons (Fsp3) is 0.444. The van der Waals surface area contributed by atoms with Gasteiger partial charge in [-0.15, -0.1) is 24.0 Å². The second kappa shape index (κ2) is 11.6. The van der Waals surface area contributed by atoms with Gasteiger partial charge in [-0.05, 0) is 13.0 Å². The van der Waals surface area contributed by atoms with Gasteiger partial charge in [0.2, 0.25) is 5.91 Å². The second-order valence-electron chi connectivity index (χ2n) is 6.49. The summed E-state index contributed by atoms with van der Waals surface area (Å²) in [6, 6.07) is 1.64. The summed E-state index contributed by atoms with van der Waals surface area (Å²) < 4.78 is 1.69. The first-order valence-corrected chi connectivity index (χ1v) is 10.1. The van der Waals surface area contributed by atoms with Crippen molar-refractivity contribution in [2.24, 2.45) is 12.0 Å². The van der Waals surface area contributed by atoms with Crippen molar-refractivity contribution in [1.29, 1.82) is 0 Å². The first-order valence-electron chi connectivity index (χ1n) is 9.35. The minimum Gasteiger partial charge on any atom is -0.367 e. The van der Waals surface area contributed by atoms with Crippen molar-refractivity contribution in [2.45, 2.75) is 6.92 Å². The van der Waals surface area contributed by atoms with E-state index in [1.807, 2.05) is 25.1 Å². The van der Waals surface area contributed by atoms with Crippen LogP contribution >= 0.6 is 47.2 Å². The predicted molar refractivity (Wildman–Crippen MR) is 131 cm³/mol. The van der Waals surface area contributed by atoms with Gasteiger partial charge in [-0.2, -0.15) is 5.10 Å². The molecule has 1 aliphatic rings. The average Bonchev–Trinajstić information content (AvgIpc) is 3.11. The van der Waals surface area contributed by atoms with Crippen LogP contribution in [0.25, 0.3) is 0 Å². The molecular formula is C18H25Cl2IN8O. The third kappa shape index (κ3) is 6.35. The maximum atomic E-state index is 12.6. The predicted octanol–water partition coefficient (Wildman–Crippen LogP) is 2.47. The number of anilines is 2. The minimum absolute atomic E-state index is 0. The Hall–Kier alpha value is -1.79. The number of hydrogen-bond acceptors (Lipinski definition) is 5. The molecule has 3 heterocycles. The number of nitrogens with zero attached hydrogens (tertiary/aromatic N) is 6. The van der Waals surface area contributed by atoms with E-state index in [0.717, 1.165) is 5.69 Å². The lowest BCUT2D eigenvalue weighted by Crippen LogP contribution is -2.55. The Labute approximate surface area is 202 Å². The Morgan fingerprint density at radius 2 is 2.10 bits per heavy atom. The van der Waals surface area contributed by atoms with E-state index in [1.54, 1.807) is 21.8 Å². The molecule has 9 nitrogen and oxygen atoms in total. The van der Waals surface area contributed by atoms with Gasteiger partial charge in [-0.25, -0.2) is 4.98 Å². The van der Waals surface area contributed by atoms with Crippen LogP contribution in [0.5, 0.6) is 0 Å². The Kier molecular flexibility index (Phi) is 9.43. The Balaban J connectivity index is 0.00000320. The fourth-order valence-corrected chi connectivity index (χ4v) is 3.43. The van der Waals surface area contributed by atoms with Crippen molar-refractivity contribution in [3.63, 3.8) is 0 Å². The third-order valence-electron chi connectivity index (χ3n) is 4.33. The number of aromatic nitrogens is 3. The van der Waals surface area contributed by atoms with Gasteiger partial charge in [0.05, 0.1) is 28.5 Å². The highest BCUT2D eigenvalue weighted by Crippen LogP contribution is 2.22. The standard InChI is InChI=1S/C18H24Cl2N8O.HI/c1-3-21-18(23-5-4-22-17-15(20)8-13(19)9-24-17)27-6-7-28(16(29)12-27)14-10-25-26(2)11-14;/h8-11H,3-7,12H2,1-2H3,(H,21,23)(H,22,24);1H. The van der Waals surface area contributed by atoms with Gasteiger partial charge in [-0.1, -0.05) is 23.2 Å². The quantitative estimate of drug-likeness (QED) is 0.242. The number of carbonyl (C=O) groups is 1. The molecule has 12 heteroatoms. The molecule has 0 atom stereocenters. The van der Waals surface area contributed by atoms with E-state index in [9.17, 15) is 4.79 Å². The van der Waals surface area contributed by atoms with Gasteiger partial charge in [0.15, 0.2) is 5.96 Å². The Morgan fingerprint density at radius 3 is 2.73 bits per heavy atom. The molecule has 3 rings (SSSR count). The van der Waals surface area contributed by atoms with Crippen LogP contribution < -0.4 is 15.5 Å². The summed E-state index contributed by atoms with van der Waals surface area (Å²) in [6.45, 7) is 5.29. The molecule has 2 aromatic rings. The molecule has 2 aromatic heterocycles. The largest absolute Gasteiger partial charge is 0.367 e. The summed E-state index contributed by atoms with van der Waals surface area (Å²) in [6.07, 6.45) is 5.08. The van der Waals surface area contributed by atoms with Crippen LogP contribution in [0.2, 0.25) is 10.0 Å². The summed E-state index contributed by atoms with van der Waals surface area (Å²) in [7, 11) is 1.83. The zero-order chi connectivity index (χ0) is 20.8. The molecule has 0 spiro atoms. The molecule has 1 amide bonds. The molecule has 0 radical (unpaired) electrons. The monoisotopic (exact) mass is 566 g/mol. The Bertz CT molecular complexity index is 891. The summed E-state index contributed by atoms with van der Waals surface area (Å²) in [5.74, 6) is 1.30. The lowest BCUT2D eigenvalue weighted by atomic mass is 10.3. The average molecular weight is 567 g/mol. The number of pyridine rings is 1. The van der Waals surface area contributed by atoms with Crippen LogP contribution in [-0.4, -0.2) is 70.8 Å². The normalized spacial score (nSPS) is 14.5. The zero-order valence-electron chi connectivity index (χ0n) is 16.8. The number of guanidine groups is 1. The molecule has 1 saturated heterocycles. The summed E-state index contributed by atoms with van der Waals surface area (Å²) >= 11 is 12.0. The number of aryl methyl sites for hydroxylation is 1. The number of rotatable bonds is 6. The number of amides is 1. The molecule has 0 aromatic carbocycles. The maximum absolute atomic E-state index is 12.6. The molecule has 2 N–H and O–H groups in total. The summed E-state index contributed by atoms with van der Waals surface area (Å²) in [5.41, 5.74) is 0.815. The number of aliphatic imine (C=N–C) groups is 1. The smallest absolute Gasteiger partial charge is 0.246 e. The van der Waals surface area contributed by atoms with Crippen molar-refractivity contribution in [3.8, 4) is 0 Å². The van der Waals surface area contributed by atoms with Crippen LogP contribution in [0.15, 0.2) is 29.6 Å². The highest BCUT2D eigenvalue weighted by Gasteiger charge is 2.27. The number of halogens is 3. The highest BCUT2D eigenvalue weighted by atomic mass is 127. The van der Waals surface area contributed by atoms with Gasteiger partial charge in [0.25, 0.3) is 0 Å². The lowest BCUT2D eigenvalue weighted by Gasteiger charge is -2.35. The molecule has 164 valence electrons. The van der Waals surface area contributed by atoms with E-state index < -0.39 is 0 Å². The van der Waals surface area contributed by atoms with Crippen molar-refractivity contribution < 1.29 is 4.79 Å². The Morgan fingerprint density at radius 1 is 1.30 bits per heavy atom. The van der Waals surface area contributed by atoms with Gasteiger partial charge in [0, 0.05) is 45.6 Å². The molecule has 0 aliphatic carbocycles. The number of piperazine rings is 1. The number of nitrogens with one attached hydrogen (secondary N) is 2. The van der Waals surface area contributed by atoms with E-state index in [0.29, 0.717) is 54.5 Å².